The summed E-state index contributed by atoms with van der Waals surface area (Å²) in [5.41, 5.74) is 0.862. The molecule has 2 bridgehead atoms. The van der Waals surface area contributed by atoms with E-state index in [0.29, 0.717) is 40.4 Å². The third-order valence-electron chi connectivity index (χ3n) is 6.38. The summed E-state index contributed by atoms with van der Waals surface area (Å²) in [5.74, 6) is 1.49. The van der Waals surface area contributed by atoms with Crippen molar-refractivity contribution in [2.24, 2.45) is 0 Å². The smallest absolute Gasteiger partial charge is 0.189 e. The second-order valence-electron chi connectivity index (χ2n) is 8.39. The molecule has 3 aromatic rings. The van der Waals surface area contributed by atoms with E-state index in [4.69, 9.17) is 15.5 Å². The van der Waals surface area contributed by atoms with Gasteiger partial charge in [0, 0.05) is 42.2 Å². The number of anilines is 3. The molecule has 9 heteroatoms. The van der Waals surface area contributed by atoms with Gasteiger partial charge in [0.05, 0.1) is 17.8 Å². The maximum Gasteiger partial charge on any atom is 0.189 e. The maximum atomic E-state index is 9.05. The number of hydrogen-bond donors (Lipinski definition) is 2. The van der Waals surface area contributed by atoms with Crippen molar-refractivity contribution in [2.45, 2.75) is 56.7 Å². The van der Waals surface area contributed by atoms with E-state index in [9.17, 15) is 0 Å². The zero-order valence-corrected chi connectivity index (χ0v) is 18.5. The molecule has 2 fully saturated rings. The van der Waals surface area contributed by atoms with Crippen molar-refractivity contribution in [3.8, 4) is 12.1 Å². The number of nitrogens with zero attached hydrogens (tertiary/aromatic N) is 6. The average molecular weight is 445 g/mol. The van der Waals surface area contributed by atoms with Crippen molar-refractivity contribution >= 4 is 39.0 Å². The molecule has 0 aromatic carbocycles. The lowest BCUT2D eigenvalue weighted by molar-refractivity contribution is 0.131. The lowest BCUT2D eigenvalue weighted by Crippen LogP contribution is -2.47. The summed E-state index contributed by atoms with van der Waals surface area (Å²) in [6.07, 6.45) is 9.58. The number of fused-ring (bicyclic) bond motifs is 3. The van der Waals surface area contributed by atoms with Gasteiger partial charge in [0.1, 0.15) is 22.6 Å². The molecule has 5 rings (SSSR count). The van der Waals surface area contributed by atoms with E-state index < -0.39 is 0 Å². The standard InChI is InChI=1S/C23H24N8S/c24-7-1-2-9-31-16-5-6-17(31)11-15(10-16)28-22-19-4-3-8-26-20(19)12-21(29-22)30-23-27-14-18(13-25)32-23/h3-4,8,12,14-17H,1-2,5-6,9-11H2,(H2,27,28,29,30)/t15?,16-,17+. The second kappa shape index (κ2) is 9.07. The first kappa shape index (κ1) is 20.6. The summed E-state index contributed by atoms with van der Waals surface area (Å²) < 4.78 is 0. The lowest BCUT2D eigenvalue weighted by Gasteiger charge is -2.39. The van der Waals surface area contributed by atoms with Gasteiger partial charge in [0.15, 0.2) is 5.13 Å². The largest absolute Gasteiger partial charge is 0.367 e. The highest BCUT2D eigenvalue weighted by molar-refractivity contribution is 7.16. The second-order valence-corrected chi connectivity index (χ2v) is 9.42. The number of pyridine rings is 2. The van der Waals surface area contributed by atoms with Gasteiger partial charge in [-0.25, -0.2) is 9.97 Å². The molecule has 0 amide bonds. The minimum Gasteiger partial charge on any atom is -0.367 e. The Morgan fingerprint density at radius 1 is 1.19 bits per heavy atom. The first-order chi connectivity index (χ1) is 15.7. The van der Waals surface area contributed by atoms with Gasteiger partial charge in [0.25, 0.3) is 0 Å². The molecule has 2 aliphatic rings. The minimum atomic E-state index is 0.357. The molecular weight excluding hydrogens is 420 g/mol. The molecule has 1 unspecified atom stereocenters. The summed E-state index contributed by atoms with van der Waals surface area (Å²) in [6.45, 7) is 1.03. The summed E-state index contributed by atoms with van der Waals surface area (Å²) in [4.78, 5) is 16.8. The number of unbranched alkanes of at least 4 members (excludes halogenated alkanes) is 1. The first-order valence-corrected chi connectivity index (χ1v) is 11.8. The van der Waals surface area contributed by atoms with E-state index in [1.807, 2.05) is 18.2 Å². The topological polar surface area (TPSA) is 114 Å². The number of aromatic nitrogens is 3. The van der Waals surface area contributed by atoms with E-state index >= 15 is 0 Å². The van der Waals surface area contributed by atoms with Gasteiger partial charge in [-0.2, -0.15) is 10.5 Å². The molecule has 3 atom stereocenters. The van der Waals surface area contributed by atoms with Crippen molar-refractivity contribution in [3.63, 3.8) is 0 Å². The van der Waals surface area contributed by atoms with Crippen LogP contribution in [0.15, 0.2) is 30.6 Å². The number of hydrogen-bond acceptors (Lipinski definition) is 9. The van der Waals surface area contributed by atoms with Gasteiger partial charge < -0.3 is 10.6 Å². The van der Waals surface area contributed by atoms with Gasteiger partial charge in [-0.1, -0.05) is 11.3 Å². The van der Waals surface area contributed by atoms with Crippen LogP contribution >= 0.6 is 11.3 Å². The zero-order chi connectivity index (χ0) is 21.9. The Labute approximate surface area is 190 Å². The minimum absolute atomic E-state index is 0.357. The van der Waals surface area contributed by atoms with Crippen molar-refractivity contribution in [2.75, 3.05) is 17.2 Å². The molecule has 2 saturated heterocycles. The van der Waals surface area contributed by atoms with Crippen LogP contribution < -0.4 is 10.6 Å². The number of piperidine rings is 1. The van der Waals surface area contributed by atoms with Crippen LogP contribution in [0, 0.1) is 22.7 Å². The molecule has 0 saturated carbocycles. The van der Waals surface area contributed by atoms with Crippen LogP contribution in [0.4, 0.5) is 16.8 Å². The van der Waals surface area contributed by atoms with Crippen molar-refractivity contribution in [3.05, 3.63) is 35.5 Å². The van der Waals surface area contributed by atoms with Gasteiger partial charge in [-0.3, -0.25) is 9.88 Å². The summed E-state index contributed by atoms with van der Waals surface area (Å²) >= 11 is 1.30. The number of thiazole rings is 1. The Bertz CT molecular complexity index is 1180. The monoisotopic (exact) mass is 444 g/mol. The Morgan fingerprint density at radius 3 is 2.78 bits per heavy atom. The van der Waals surface area contributed by atoms with E-state index in [-0.39, 0.29) is 0 Å². The molecular formula is C23H24N8S. The van der Waals surface area contributed by atoms with Crippen LogP contribution in [0.1, 0.15) is 43.4 Å². The molecule has 8 nitrogen and oxygen atoms in total. The molecule has 162 valence electrons. The third-order valence-corrected chi connectivity index (χ3v) is 7.20. The Hall–Kier alpha value is -3.27. The van der Waals surface area contributed by atoms with Gasteiger partial charge in [-0.15, -0.1) is 0 Å². The Kier molecular flexibility index (Phi) is 5.85. The fourth-order valence-electron chi connectivity index (χ4n) is 5.03. The van der Waals surface area contributed by atoms with Crippen molar-refractivity contribution in [1.82, 2.24) is 19.9 Å². The fraction of sp³-hybridized carbons (Fsp3) is 0.435. The number of nitrogens with one attached hydrogen (secondary N) is 2. The van der Waals surface area contributed by atoms with Crippen LogP contribution in [-0.2, 0) is 0 Å². The normalized spacial score (nSPS) is 22.4. The molecule has 3 aromatic heterocycles. The molecule has 32 heavy (non-hydrogen) atoms. The Morgan fingerprint density at radius 2 is 2.03 bits per heavy atom. The first-order valence-electron chi connectivity index (χ1n) is 11.0. The van der Waals surface area contributed by atoms with Gasteiger partial charge >= 0.3 is 0 Å². The summed E-state index contributed by atoms with van der Waals surface area (Å²) in [7, 11) is 0. The predicted molar refractivity (Wildman–Crippen MR) is 125 cm³/mol. The number of nitriles is 2. The van der Waals surface area contributed by atoms with Crippen LogP contribution in [-0.4, -0.2) is 44.5 Å². The molecule has 0 radical (unpaired) electrons. The molecule has 5 heterocycles. The van der Waals surface area contributed by atoms with Crippen LogP contribution in [0.5, 0.6) is 0 Å². The summed E-state index contributed by atoms with van der Waals surface area (Å²) in [6, 6.07) is 11.8. The van der Waals surface area contributed by atoms with Gasteiger partial charge in [-0.05, 0) is 50.8 Å². The van der Waals surface area contributed by atoms with E-state index in [1.165, 1.54) is 24.2 Å². The third kappa shape index (κ3) is 4.22. The molecule has 0 spiro atoms. The fourth-order valence-corrected chi connectivity index (χ4v) is 5.65. The quantitative estimate of drug-likeness (QED) is 0.515. The van der Waals surface area contributed by atoms with Gasteiger partial charge in [0.2, 0.25) is 0 Å². The maximum absolute atomic E-state index is 9.05. The Balaban J connectivity index is 1.35. The van der Waals surface area contributed by atoms with Crippen molar-refractivity contribution in [1.29, 1.82) is 10.5 Å². The van der Waals surface area contributed by atoms with Crippen LogP contribution in [0.3, 0.4) is 0 Å². The summed E-state index contributed by atoms with van der Waals surface area (Å²) in [5, 5.41) is 26.5. The predicted octanol–water partition coefficient (Wildman–Crippen LogP) is 4.41. The van der Waals surface area contributed by atoms with Crippen molar-refractivity contribution < 1.29 is 0 Å². The zero-order valence-electron chi connectivity index (χ0n) is 17.7. The molecule has 0 aliphatic carbocycles. The van der Waals surface area contributed by atoms with E-state index in [0.717, 1.165) is 42.5 Å². The number of rotatable bonds is 7. The highest BCUT2D eigenvalue weighted by atomic mass is 32.1. The lowest BCUT2D eigenvalue weighted by atomic mass is 9.96. The van der Waals surface area contributed by atoms with Crippen LogP contribution in [0.2, 0.25) is 0 Å². The molecule has 2 aliphatic heterocycles. The highest BCUT2D eigenvalue weighted by Gasteiger charge is 2.40. The van der Waals surface area contributed by atoms with Crippen LogP contribution in [0.25, 0.3) is 10.9 Å². The highest BCUT2D eigenvalue weighted by Crippen LogP contribution is 2.37. The van der Waals surface area contributed by atoms with E-state index in [2.05, 4.69) is 37.6 Å². The SMILES string of the molecule is N#CCCCN1[C@@H]2CC[C@H]1CC(Nc1nc(Nc3ncc(C#N)s3)cc3ncccc13)C2. The average Bonchev–Trinajstić information content (AvgIpc) is 3.35. The molecule has 2 N–H and O–H groups in total. The van der Waals surface area contributed by atoms with E-state index in [1.54, 1.807) is 12.4 Å².